The first-order valence-electron chi connectivity index (χ1n) is 8.90. The van der Waals surface area contributed by atoms with Gasteiger partial charge in [-0.1, -0.05) is 91.0 Å². The standard InChI is InChI=1S/C23H23O2P/c24-23(25-19-20-11-4-1-5-12-20)17-10-18-26(21-13-6-2-7-14-21)22-15-8-3-9-16-22/h1-9,11-16H,10,17-19H2. The summed E-state index contributed by atoms with van der Waals surface area (Å²) in [5.74, 6) is -0.120. The quantitative estimate of drug-likeness (QED) is 0.431. The molecule has 132 valence electrons. The Balaban J connectivity index is 1.54. The van der Waals surface area contributed by atoms with Crippen LogP contribution in [0.15, 0.2) is 91.0 Å². The topological polar surface area (TPSA) is 26.3 Å². The molecule has 3 aromatic rings. The monoisotopic (exact) mass is 362 g/mol. The van der Waals surface area contributed by atoms with Crippen LogP contribution >= 0.6 is 7.92 Å². The van der Waals surface area contributed by atoms with E-state index in [1.54, 1.807) is 0 Å². The molecular weight excluding hydrogens is 339 g/mol. The first-order chi connectivity index (χ1) is 12.8. The van der Waals surface area contributed by atoms with Crippen molar-refractivity contribution in [3.05, 3.63) is 96.6 Å². The lowest BCUT2D eigenvalue weighted by Crippen LogP contribution is -2.14. The fourth-order valence-electron chi connectivity index (χ4n) is 2.81. The van der Waals surface area contributed by atoms with Crippen molar-refractivity contribution in [2.24, 2.45) is 0 Å². The molecule has 0 aliphatic rings. The second kappa shape index (κ2) is 9.89. The van der Waals surface area contributed by atoms with Crippen molar-refractivity contribution in [3.63, 3.8) is 0 Å². The minimum Gasteiger partial charge on any atom is -0.461 e. The summed E-state index contributed by atoms with van der Waals surface area (Å²) >= 11 is 0. The van der Waals surface area contributed by atoms with Crippen LogP contribution in [0.25, 0.3) is 0 Å². The van der Waals surface area contributed by atoms with Crippen LogP contribution in [-0.2, 0) is 16.1 Å². The average molecular weight is 362 g/mol. The van der Waals surface area contributed by atoms with Gasteiger partial charge in [-0.2, -0.15) is 0 Å². The van der Waals surface area contributed by atoms with E-state index in [2.05, 4.69) is 48.5 Å². The Bertz CT molecular complexity index is 749. The lowest BCUT2D eigenvalue weighted by Gasteiger charge is -2.18. The van der Waals surface area contributed by atoms with Gasteiger partial charge in [-0.15, -0.1) is 0 Å². The van der Waals surface area contributed by atoms with Crippen LogP contribution in [0, 0.1) is 0 Å². The predicted molar refractivity (Wildman–Crippen MR) is 109 cm³/mol. The molecule has 0 bridgehead atoms. The molecular formula is C23H23O2P. The lowest BCUT2D eigenvalue weighted by atomic mass is 10.2. The van der Waals surface area contributed by atoms with E-state index in [0.29, 0.717) is 13.0 Å². The van der Waals surface area contributed by atoms with Crippen LogP contribution < -0.4 is 10.6 Å². The molecule has 3 aromatic carbocycles. The molecule has 0 radical (unpaired) electrons. The summed E-state index contributed by atoms with van der Waals surface area (Å²) < 4.78 is 5.39. The SMILES string of the molecule is O=C(CCCP(c1ccccc1)c1ccccc1)OCc1ccccc1. The molecule has 0 aromatic heterocycles. The van der Waals surface area contributed by atoms with E-state index in [0.717, 1.165) is 18.1 Å². The van der Waals surface area contributed by atoms with Crippen LogP contribution in [-0.4, -0.2) is 12.1 Å². The fourth-order valence-corrected chi connectivity index (χ4v) is 5.17. The van der Waals surface area contributed by atoms with Crippen LogP contribution in [0.4, 0.5) is 0 Å². The third-order valence-electron chi connectivity index (χ3n) is 4.14. The summed E-state index contributed by atoms with van der Waals surface area (Å²) in [5, 5.41) is 2.71. The Kier molecular flexibility index (Phi) is 6.98. The highest BCUT2D eigenvalue weighted by atomic mass is 31.1. The van der Waals surface area contributed by atoms with E-state index in [1.165, 1.54) is 10.6 Å². The molecule has 0 heterocycles. The predicted octanol–water partition coefficient (Wildman–Crippen LogP) is 4.64. The molecule has 0 N–H and O–H groups in total. The number of esters is 1. The number of hydrogen-bond acceptors (Lipinski definition) is 2. The van der Waals surface area contributed by atoms with Gasteiger partial charge >= 0.3 is 5.97 Å². The van der Waals surface area contributed by atoms with Crippen molar-refractivity contribution in [1.29, 1.82) is 0 Å². The van der Waals surface area contributed by atoms with Crippen molar-refractivity contribution < 1.29 is 9.53 Å². The highest BCUT2D eigenvalue weighted by Gasteiger charge is 2.14. The Labute approximate surface area is 156 Å². The van der Waals surface area contributed by atoms with E-state index in [4.69, 9.17) is 4.74 Å². The molecule has 3 rings (SSSR count). The largest absolute Gasteiger partial charge is 0.461 e. The molecule has 3 heteroatoms. The molecule has 0 atom stereocenters. The van der Waals surface area contributed by atoms with Gasteiger partial charge in [0, 0.05) is 6.42 Å². The summed E-state index contributed by atoms with van der Waals surface area (Å²) in [6, 6.07) is 31.0. The van der Waals surface area contributed by atoms with Gasteiger partial charge in [-0.25, -0.2) is 0 Å². The Hall–Kier alpha value is -2.44. The third-order valence-corrected chi connectivity index (χ3v) is 6.75. The summed E-state index contributed by atoms with van der Waals surface area (Å²) in [5.41, 5.74) is 1.02. The first-order valence-corrected chi connectivity index (χ1v) is 10.4. The van der Waals surface area contributed by atoms with Gasteiger partial charge in [0.1, 0.15) is 6.61 Å². The van der Waals surface area contributed by atoms with E-state index < -0.39 is 7.92 Å². The van der Waals surface area contributed by atoms with Crippen molar-refractivity contribution >= 4 is 24.5 Å². The highest BCUT2D eigenvalue weighted by Crippen LogP contribution is 2.34. The average Bonchev–Trinajstić information content (AvgIpc) is 2.72. The van der Waals surface area contributed by atoms with Crippen molar-refractivity contribution in [2.75, 3.05) is 6.16 Å². The van der Waals surface area contributed by atoms with Gasteiger partial charge in [0.2, 0.25) is 0 Å². The van der Waals surface area contributed by atoms with Crippen LogP contribution in [0.1, 0.15) is 18.4 Å². The molecule has 26 heavy (non-hydrogen) atoms. The lowest BCUT2D eigenvalue weighted by molar-refractivity contribution is -0.144. The first kappa shape index (κ1) is 18.4. The molecule has 0 fully saturated rings. The number of ether oxygens (including phenoxy) is 1. The van der Waals surface area contributed by atoms with Crippen molar-refractivity contribution in [2.45, 2.75) is 19.4 Å². The Morgan fingerprint density at radius 1 is 0.731 bits per heavy atom. The minimum absolute atomic E-state index is 0.120. The molecule has 0 aliphatic heterocycles. The number of carbonyl (C=O) groups excluding carboxylic acids is 1. The Morgan fingerprint density at radius 3 is 1.77 bits per heavy atom. The summed E-state index contributed by atoms with van der Waals surface area (Å²) in [7, 11) is -0.442. The third kappa shape index (κ3) is 5.54. The van der Waals surface area contributed by atoms with Gasteiger partial charge in [0.25, 0.3) is 0 Å². The van der Waals surface area contributed by atoms with Gasteiger partial charge in [0.05, 0.1) is 0 Å². The van der Waals surface area contributed by atoms with E-state index in [9.17, 15) is 4.79 Å². The zero-order valence-electron chi connectivity index (χ0n) is 14.8. The van der Waals surface area contributed by atoms with Crippen molar-refractivity contribution in [3.8, 4) is 0 Å². The molecule has 0 aliphatic carbocycles. The van der Waals surface area contributed by atoms with Crippen LogP contribution in [0.5, 0.6) is 0 Å². The summed E-state index contributed by atoms with van der Waals surface area (Å²) in [6.07, 6.45) is 2.29. The van der Waals surface area contributed by atoms with Crippen molar-refractivity contribution in [1.82, 2.24) is 0 Å². The fraction of sp³-hybridized carbons (Fsp3) is 0.174. The van der Waals surface area contributed by atoms with Gasteiger partial charge in [0.15, 0.2) is 0 Å². The van der Waals surface area contributed by atoms with E-state index in [-0.39, 0.29) is 5.97 Å². The van der Waals surface area contributed by atoms with E-state index >= 15 is 0 Å². The Morgan fingerprint density at radius 2 is 1.23 bits per heavy atom. The maximum Gasteiger partial charge on any atom is 0.306 e. The van der Waals surface area contributed by atoms with Gasteiger partial charge in [-0.3, -0.25) is 4.79 Å². The van der Waals surface area contributed by atoms with E-state index in [1.807, 2.05) is 42.5 Å². The molecule has 0 unspecified atom stereocenters. The molecule has 2 nitrogen and oxygen atoms in total. The number of benzene rings is 3. The number of hydrogen-bond donors (Lipinski definition) is 0. The molecule has 0 spiro atoms. The van der Waals surface area contributed by atoms with Gasteiger partial charge < -0.3 is 4.74 Å². The zero-order chi connectivity index (χ0) is 18.0. The highest BCUT2D eigenvalue weighted by molar-refractivity contribution is 7.73. The molecule has 0 saturated carbocycles. The second-order valence-electron chi connectivity index (χ2n) is 6.07. The van der Waals surface area contributed by atoms with Gasteiger partial charge in [-0.05, 0) is 36.7 Å². The van der Waals surface area contributed by atoms with Crippen LogP contribution in [0.2, 0.25) is 0 Å². The maximum absolute atomic E-state index is 12.1. The maximum atomic E-state index is 12.1. The minimum atomic E-state index is -0.442. The molecule has 0 saturated heterocycles. The zero-order valence-corrected chi connectivity index (χ0v) is 15.6. The summed E-state index contributed by atoms with van der Waals surface area (Å²) in [6.45, 7) is 0.353. The second-order valence-corrected chi connectivity index (χ2v) is 8.41. The smallest absolute Gasteiger partial charge is 0.306 e. The molecule has 0 amide bonds. The van der Waals surface area contributed by atoms with Crippen LogP contribution in [0.3, 0.4) is 0 Å². The number of rotatable bonds is 8. The number of carbonyl (C=O) groups is 1. The normalized spacial score (nSPS) is 10.7. The summed E-state index contributed by atoms with van der Waals surface area (Å²) in [4.78, 5) is 12.1.